The third-order valence-corrected chi connectivity index (χ3v) is 4.85. The molecule has 4 heteroatoms. The highest BCUT2D eigenvalue weighted by Gasteiger charge is 2.46. The van der Waals surface area contributed by atoms with Crippen molar-refractivity contribution in [1.29, 1.82) is 0 Å². The van der Waals surface area contributed by atoms with E-state index in [2.05, 4.69) is 19.1 Å². The Morgan fingerprint density at radius 1 is 1.19 bits per heavy atom. The van der Waals surface area contributed by atoms with Crippen LogP contribution in [0.3, 0.4) is 0 Å². The molecule has 21 heavy (non-hydrogen) atoms. The van der Waals surface area contributed by atoms with E-state index in [0.717, 1.165) is 6.42 Å². The number of benzene rings is 1. The Labute approximate surface area is 124 Å². The van der Waals surface area contributed by atoms with Crippen molar-refractivity contribution in [2.24, 2.45) is 11.8 Å². The molecule has 1 amide bonds. The summed E-state index contributed by atoms with van der Waals surface area (Å²) in [6, 6.07) is 8.26. The van der Waals surface area contributed by atoms with Crippen LogP contribution >= 0.6 is 0 Å². The van der Waals surface area contributed by atoms with Crippen LogP contribution in [-0.4, -0.2) is 35.0 Å². The van der Waals surface area contributed by atoms with Gasteiger partial charge in [0, 0.05) is 19.0 Å². The number of hydrogen-bond acceptors (Lipinski definition) is 2. The zero-order valence-electron chi connectivity index (χ0n) is 12.3. The summed E-state index contributed by atoms with van der Waals surface area (Å²) in [7, 11) is 0. The molecule has 1 heterocycles. The van der Waals surface area contributed by atoms with Crippen molar-refractivity contribution in [3.05, 3.63) is 35.4 Å². The first-order valence-corrected chi connectivity index (χ1v) is 7.65. The van der Waals surface area contributed by atoms with Gasteiger partial charge in [0.2, 0.25) is 5.91 Å². The zero-order chi connectivity index (χ0) is 15.0. The summed E-state index contributed by atoms with van der Waals surface area (Å²) in [5.41, 5.74) is 2.54. The fourth-order valence-electron chi connectivity index (χ4n) is 3.40. The molecule has 4 nitrogen and oxygen atoms in total. The van der Waals surface area contributed by atoms with Crippen molar-refractivity contribution < 1.29 is 14.7 Å². The summed E-state index contributed by atoms with van der Waals surface area (Å²) in [6.45, 7) is 3.27. The van der Waals surface area contributed by atoms with Gasteiger partial charge in [-0.15, -0.1) is 0 Å². The number of carboxylic acid groups (broad SMARTS) is 1. The number of carboxylic acids is 1. The van der Waals surface area contributed by atoms with E-state index in [4.69, 9.17) is 5.11 Å². The number of aryl methyl sites for hydroxylation is 1. The number of aliphatic carboxylic acids is 1. The number of carbonyl (C=O) groups excluding carboxylic acids is 1. The second-order valence-corrected chi connectivity index (χ2v) is 6.24. The molecule has 1 aliphatic carbocycles. The van der Waals surface area contributed by atoms with Crippen LogP contribution in [0.5, 0.6) is 0 Å². The number of hydrogen-bond donors (Lipinski definition) is 1. The highest BCUT2D eigenvalue weighted by molar-refractivity contribution is 5.83. The van der Waals surface area contributed by atoms with Crippen molar-refractivity contribution in [2.75, 3.05) is 13.1 Å². The maximum Gasteiger partial charge on any atom is 0.306 e. The Kier molecular flexibility index (Phi) is 3.70. The maximum atomic E-state index is 12.5. The fraction of sp³-hybridized carbons (Fsp3) is 0.529. The summed E-state index contributed by atoms with van der Waals surface area (Å²) in [5, 5.41) is 9.00. The van der Waals surface area contributed by atoms with E-state index in [9.17, 15) is 9.59 Å². The molecule has 1 saturated carbocycles. The molecular formula is C17H21NO3. The minimum Gasteiger partial charge on any atom is -0.481 e. The van der Waals surface area contributed by atoms with Crippen LogP contribution in [0.25, 0.3) is 0 Å². The van der Waals surface area contributed by atoms with Gasteiger partial charge < -0.3 is 10.0 Å². The van der Waals surface area contributed by atoms with E-state index < -0.39 is 5.97 Å². The smallest absolute Gasteiger partial charge is 0.306 e. The lowest BCUT2D eigenvalue weighted by Gasteiger charge is -2.30. The number of piperidine rings is 1. The van der Waals surface area contributed by atoms with Gasteiger partial charge in [0.05, 0.1) is 5.92 Å². The molecule has 1 N–H and O–H groups in total. The first-order valence-electron chi connectivity index (χ1n) is 7.65. The Bertz CT molecular complexity index is 561. The summed E-state index contributed by atoms with van der Waals surface area (Å²) >= 11 is 0. The summed E-state index contributed by atoms with van der Waals surface area (Å²) in [4.78, 5) is 25.3. The van der Waals surface area contributed by atoms with E-state index in [0.29, 0.717) is 31.8 Å². The molecular weight excluding hydrogens is 266 g/mol. The molecule has 1 aliphatic heterocycles. The SMILES string of the molecule is Cc1ccccc1[C@@H]1C[C@@H]1C(=O)N1CCC(C(=O)O)CC1. The second kappa shape index (κ2) is 5.51. The molecule has 2 fully saturated rings. The summed E-state index contributed by atoms with van der Waals surface area (Å²) in [6.07, 6.45) is 2.11. The van der Waals surface area contributed by atoms with E-state index in [1.807, 2.05) is 17.0 Å². The first-order chi connectivity index (χ1) is 10.1. The number of rotatable bonds is 3. The molecule has 1 saturated heterocycles. The quantitative estimate of drug-likeness (QED) is 0.929. The lowest BCUT2D eigenvalue weighted by Crippen LogP contribution is -2.41. The number of carbonyl (C=O) groups is 2. The third-order valence-electron chi connectivity index (χ3n) is 4.85. The third kappa shape index (κ3) is 2.80. The van der Waals surface area contributed by atoms with Gasteiger partial charge in [-0.3, -0.25) is 9.59 Å². The number of nitrogens with zero attached hydrogens (tertiary/aromatic N) is 1. The largest absolute Gasteiger partial charge is 0.481 e. The predicted molar refractivity (Wildman–Crippen MR) is 79.0 cm³/mol. The van der Waals surface area contributed by atoms with E-state index in [1.54, 1.807) is 0 Å². The van der Waals surface area contributed by atoms with Crippen molar-refractivity contribution in [3.63, 3.8) is 0 Å². The number of amides is 1. The van der Waals surface area contributed by atoms with Gasteiger partial charge in [-0.25, -0.2) is 0 Å². The van der Waals surface area contributed by atoms with Gasteiger partial charge in [0.15, 0.2) is 0 Å². The highest BCUT2D eigenvalue weighted by atomic mass is 16.4. The van der Waals surface area contributed by atoms with E-state index >= 15 is 0 Å². The zero-order valence-corrected chi connectivity index (χ0v) is 12.3. The molecule has 0 spiro atoms. The van der Waals surface area contributed by atoms with Crippen molar-refractivity contribution in [1.82, 2.24) is 4.90 Å². The van der Waals surface area contributed by atoms with Gasteiger partial charge in [-0.05, 0) is 43.2 Å². The first kappa shape index (κ1) is 14.1. The Balaban J connectivity index is 1.59. The topological polar surface area (TPSA) is 57.6 Å². The van der Waals surface area contributed by atoms with Crippen LogP contribution in [0.1, 0.15) is 36.3 Å². The van der Waals surface area contributed by atoms with Gasteiger partial charge in [-0.2, -0.15) is 0 Å². The van der Waals surface area contributed by atoms with Crippen LogP contribution in [0.15, 0.2) is 24.3 Å². The average Bonchev–Trinajstić information content (AvgIpc) is 3.27. The van der Waals surface area contributed by atoms with Crippen LogP contribution in [-0.2, 0) is 9.59 Å². The highest BCUT2D eigenvalue weighted by Crippen LogP contribution is 2.49. The van der Waals surface area contributed by atoms with Crippen molar-refractivity contribution in [3.8, 4) is 0 Å². The molecule has 0 radical (unpaired) electrons. The lowest BCUT2D eigenvalue weighted by molar-refractivity contribution is -0.146. The van der Waals surface area contributed by atoms with Crippen molar-refractivity contribution in [2.45, 2.75) is 32.1 Å². The molecule has 0 bridgehead atoms. The minimum absolute atomic E-state index is 0.104. The molecule has 2 aliphatic rings. The molecule has 1 aromatic rings. The monoisotopic (exact) mass is 287 g/mol. The Morgan fingerprint density at radius 2 is 1.86 bits per heavy atom. The Hall–Kier alpha value is -1.84. The fourth-order valence-corrected chi connectivity index (χ4v) is 3.40. The lowest BCUT2D eigenvalue weighted by atomic mass is 9.96. The van der Waals surface area contributed by atoms with Crippen LogP contribution < -0.4 is 0 Å². The van der Waals surface area contributed by atoms with E-state index in [-0.39, 0.29) is 17.7 Å². The van der Waals surface area contributed by atoms with Gasteiger partial charge >= 0.3 is 5.97 Å². The van der Waals surface area contributed by atoms with Gasteiger partial charge in [0.1, 0.15) is 0 Å². The van der Waals surface area contributed by atoms with Crippen LogP contribution in [0, 0.1) is 18.8 Å². The van der Waals surface area contributed by atoms with E-state index in [1.165, 1.54) is 11.1 Å². The molecule has 2 atom stereocenters. The second-order valence-electron chi connectivity index (χ2n) is 6.24. The molecule has 112 valence electrons. The van der Waals surface area contributed by atoms with Gasteiger partial charge in [0.25, 0.3) is 0 Å². The Morgan fingerprint density at radius 3 is 2.48 bits per heavy atom. The van der Waals surface area contributed by atoms with Crippen molar-refractivity contribution >= 4 is 11.9 Å². The molecule has 0 unspecified atom stereocenters. The summed E-state index contributed by atoms with van der Waals surface area (Å²) < 4.78 is 0. The maximum absolute atomic E-state index is 12.5. The average molecular weight is 287 g/mol. The number of likely N-dealkylation sites (tertiary alicyclic amines) is 1. The normalized spacial score (nSPS) is 25.7. The standard InChI is InChI=1S/C17H21NO3/c1-11-4-2-3-5-13(11)14-10-15(14)16(19)18-8-6-12(7-9-18)17(20)21/h2-5,12,14-15H,6-10H2,1H3,(H,20,21)/t14-,15-/m0/s1. The minimum atomic E-state index is -0.730. The predicted octanol–water partition coefficient (Wildman–Crippen LogP) is 2.42. The summed E-state index contributed by atoms with van der Waals surface area (Å²) in [5.74, 6) is -0.331. The van der Waals surface area contributed by atoms with Gasteiger partial charge in [-0.1, -0.05) is 24.3 Å². The molecule has 3 rings (SSSR count). The molecule has 1 aromatic carbocycles. The van der Waals surface area contributed by atoms with Crippen LogP contribution in [0.2, 0.25) is 0 Å². The van der Waals surface area contributed by atoms with Crippen LogP contribution in [0.4, 0.5) is 0 Å². The molecule has 0 aromatic heterocycles.